The van der Waals surface area contributed by atoms with E-state index >= 15 is 0 Å². The van der Waals surface area contributed by atoms with E-state index in [9.17, 15) is 13.2 Å². The third kappa shape index (κ3) is 4.64. The fraction of sp³-hybridized carbons (Fsp3) is 1.00. The highest BCUT2D eigenvalue weighted by Crippen LogP contribution is 2.49. The molecule has 0 radical (unpaired) electrons. The van der Waals surface area contributed by atoms with Gasteiger partial charge in [0.05, 0.1) is 0 Å². The van der Waals surface area contributed by atoms with Gasteiger partial charge in [-0.3, -0.25) is 0 Å². The minimum Gasteiger partial charge on any atom is -0.301 e. The van der Waals surface area contributed by atoms with Crippen molar-refractivity contribution in [3.8, 4) is 0 Å². The molecule has 20 heavy (non-hydrogen) atoms. The predicted octanol–water partition coefficient (Wildman–Crippen LogP) is 5.34. The lowest BCUT2D eigenvalue weighted by atomic mass is 9.97. The van der Waals surface area contributed by atoms with Gasteiger partial charge in [-0.1, -0.05) is 57.8 Å². The van der Waals surface area contributed by atoms with E-state index in [1.165, 1.54) is 44.9 Å². The molecule has 2 aliphatic carbocycles. The molecule has 0 amide bonds. The van der Waals surface area contributed by atoms with Gasteiger partial charge in [0.25, 0.3) is 0 Å². The molecule has 1 N–H and O–H groups in total. The van der Waals surface area contributed by atoms with Gasteiger partial charge in [-0.05, 0) is 25.7 Å². The normalized spacial score (nSPS) is 26.6. The third-order valence-electron chi connectivity index (χ3n) is 4.88. The van der Waals surface area contributed by atoms with Gasteiger partial charge in [-0.25, -0.2) is 0 Å². The molecular formula is C16H28F3N. The van der Waals surface area contributed by atoms with Crippen LogP contribution in [0.4, 0.5) is 13.2 Å². The first-order valence-electron chi connectivity index (χ1n) is 8.38. The molecule has 0 saturated heterocycles. The van der Waals surface area contributed by atoms with Crippen molar-refractivity contribution in [2.75, 3.05) is 0 Å². The maximum Gasteiger partial charge on any atom is 0.406 e. The Hall–Kier alpha value is -0.250. The Kier molecular flexibility index (Phi) is 5.76. The molecule has 0 aromatic heterocycles. The van der Waals surface area contributed by atoms with Crippen LogP contribution in [-0.2, 0) is 0 Å². The van der Waals surface area contributed by atoms with Crippen LogP contribution >= 0.6 is 0 Å². The van der Waals surface area contributed by atoms with Gasteiger partial charge < -0.3 is 5.32 Å². The fourth-order valence-electron chi connectivity index (χ4n) is 3.33. The molecule has 0 aromatic carbocycles. The van der Waals surface area contributed by atoms with Gasteiger partial charge in [-0.2, -0.15) is 13.2 Å². The lowest BCUT2D eigenvalue weighted by Gasteiger charge is -2.28. The average molecular weight is 291 g/mol. The van der Waals surface area contributed by atoms with Crippen molar-refractivity contribution in [1.82, 2.24) is 5.32 Å². The average Bonchev–Trinajstić information content (AvgIpc) is 3.13. The number of alkyl halides is 3. The van der Waals surface area contributed by atoms with Crippen molar-refractivity contribution in [3.05, 3.63) is 0 Å². The highest BCUT2D eigenvalue weighted by atomic mass is 19.4. The first kappa shape index (κ1) is 16.1. The Bertz CT molecular complexity index is 272. The van der Waals surface area contributed by atoms with Crippen molar-refractivity contribution in [1.29, 1.82) is 0 Å². The van der Waals surface area contributed by atoms with Crippen molar-refractivity contribution in [2.24, 2.45) is 0 Å². The summed E-state index contributed by atoms with van der Waals surface area (Å²) in [6.07, 6.45) is 9.22. The zero-order valence-corrected chi connectivity index (χ0v) is 12.4. The largest absolute Gasteiger partial charge is 0.406 e. The van der Waals surface area contributed by atoms with Gasteiger partial charge in [-0.15, -0.1) is 0 Å². The molecule has 2 fully saturated rings. The summed E-state index contributed by atoms with van der Waals surface area (Å²) in [5.74, 6) is 0. The number of rotatable bonds is 2. The van der Waals surface area contributed by atoms with E-state index in [0.29, 0.717) is 0 Å². The first-order valence-corrected chi connectivity index (χ1v) is 8.38. The quantitative estimate of drug-likeness (QED) is 0.723. The van der Waals surface area contributed by atoms with Crippen LogP contribution in [0.5, 0.6) is 0 Å². The summed E-state index contributed by atoms with van der Waals surface area (Å²) < 4.78 is 39.1. The molecule has 118 valence electrons. The molecule has 0 heterocycles. The molecule has 0 atom stereocenters. The van der Waals surface area contributed by atoms with E-state index in [2.05, 4.69) is 5.32 Å². The second-order valence-electron chi connectivity index (χ2n) is 6.68. The van der Waals surface area contributed by atoms with Gasteiger partial charge >= 0.3 is 6.18 Å². The van der Waals surface area contributed by atoms with Crippen LogP contribution in [0.25, 0.3) is 0 Å². The SMILES string of the molecule is FC(F)(F)C1(NC2CCCCCCCCCCC2)CC1. The lowest BCUT2D eigenvalue weighted by molar-refractivity contribution is -0.168. The molecule has 0 spiro atoms. The summed E-state index contributed by atoms with van der Waals surface area (Å²) in [5.41, 5.74) is -1.53. The standard InChI is InChI=1S/C16H28F3N/c17-16(18,19)15(12-13-15)20-14-10-8-6-4-2-1-3-5-7-9-11-14/h14,20H,1-13H2. The van der Waals surface area contributed by atoms with E-state index in [0.717, 1.165) is 25.7 Å². The van der Waals surface area contributed by atoms with Crippen molar-refractivity contribution in [3.63, 3.8) is 0 Å². The van der Waals surface area contributed by atoms with E-state index in [4.69, 9.17) is 0 Å². The molecule has 2 aliphatic rings. The summed E-state index contributed by atoms with van der Waals surface area (Å²) >= 11 is 0. The molecule has 0 aromatic rings. The van der Waals surface area contributed by atoms with E-state index in [1.54, 1.807) is 0 Å². The van der Waals surface area contributed by atoms with Gasteiger partial charge in [0, 0.05) is 6.04 Å². The van der Waals surface area contributed by atoms with Crippen LogP contribution in [0.2, 0.25) is 0 Å². The van der Waals surface area contributed by atoms with Crippen LogP contribution in [0.1, 0.15) is 83.5 Å². The Morgan fingerprint density at radius 2 is 1.10 bits per heavy atom. The Morgan fingerprint density at radius 1 is 0.700 bits per heavy atom. The molecule has 4 heteroatoms. The molecule has 2 rings (SSSR count). The molecule has 2 saturated carbocycles. The Morgan fingerprint density at radius 3 is 1.45 bits per heavy atom. The smallest absolute Gasteiger partial charge is 0.301 e. The molecule has 0 unspecified atom stereocenters. The summed E-state index contributed by atoms with van der Waals surface area (Å²) in [4.78, 5) is 0. The fourth-order valence-corrected chi connectivity index (χ4v) is 3.33. The summed E-state index contributed by atoms with van der Waals surface area (Å²) in [6.45, 7) is 0. The number of hydrogen-bond donors (Lipinski definition) is 1. The van der Waals surface area contributed by atoms with E-state index in [1.807, 2.05) is 0 Å². The van der Waals surface area contributed by atoms with Crippen LogP contribution in [-0.4, -0.2) is 17.8 Å². The monoisotopic (exact) mass is 291 g/mol. The zero-order valence-electron chi connectivity index (χ0n) is 12.4. The van der Waals surface area contributed by atoms with Crippen molar-refractivity contribution < 1.29 is 13.2 Å². The summed E-state index contributed by atoms with van der Waals surface area (Å²) in [6, 6.07) is 0.0681. The molecular weight excluding hydrogens is 263 g/mol. The van der Waals surface area contributed by atoms with Gasteiger partial charge in [0.15, 0.2) is 0 Å². The van der Waals surface area contributed by atoms with E-state index < -0.39 is 11.7 Å². The second kappa shape index (κ2) is 7.15. The third-order valence-corrected chi connectivity index (χ3v) is 4.88. The highest BCUT2D eigenvalue weighted by molar-refractivity contribution is 5.09. The van der Waals surface area contributed by atoms with Crippen molar-refractivity contribution >= 4 is 0 Å². The number of nitrogens with one attached hydrogen (secondary N) is 1. The zero-order chi connectivity index (χ0) is 14.5. The minimum absolute atomic E-state index is 0.0681. The van der Waals surface area contributed by atoms with Crippen molar-refractivity contribution in [2.45, 2.75) is 101 Å². The van der Waals surface area contributed by atoms with Crippen LogP contribution in [0.3, 0.4) is 0 Å². The lowest BCUT2D eigenvalue weighted by Crippen LogP contribution is -2.49. The number of hydrogen-bond acceptors (Lipinski definition) is 1. The van der Waals surface area contributed by atoms with Gasteiger partial charge in [0.1, 0.15) is 5.54 Å². The number of halogens is 3. The maximum atomic E-state index is 13.0. The highest BCUT2D eigenvalue weighted by Gasteiger charge is 2.63. The minimum atomic E-state index is -4.07. The predicted molar refractivity (Wildman–Crippen MR) is 75.7 cm³/mol. The molecule has 0 bridgehead atoms. The van der Waals surface area contributed by atoms with E-state index in [-0.39, 0.29) is 18.9 Å². The van der Waals surface area contributed by atoms with Crippen LogP contribution in [0, 0.1) is 0 Å². The topological polar surface area (TPSA) is 12.0 Å². The maximum absolute atomic E-state index is 13.0. The second-order valence-corrected chi connectivity index (χ2v) is 6.68. The summed E-state index contributed by atoms with van der Waals surface area (Å²) in [7, 11) is 0. The molecule has 1 nitrogen and oxygen atoms in total. The Balaban J connectivity index is 1.83. The van der Waals surface area contributed by atoms with Crippen LogP contribution < -0.4 is 5.32 Å². The van der Waals surface area contributed by atoms with Crippen LogP contribution in [0.15, 0.2) is 0 Å². The van der Waals surface area contributed by atoms with Gasteiger partial charge in [0.2, 0.25) is 0 Å². The molecule has 0 aliphatic heterocycles. The Labute approximate surface area is 120 Å². The summed E-state index contributed by atoms with van der Waals surface area (Å²) in [5, 5.41) is 2.97. The first-order chi connectivity index (χ1) is 9.54.